The standard InChI is InChI=1S/C13H17ClN2O5S/c1-20-11-4-3-10(14)9-12(11)22(18,19)15-5-2-6-16-7-8-21-13(16)17/h3-4,9,15H,2,5-8H2,1H3. The monoisotopic (exact) mass is 348 g/mol. The van der Waals surface area contributed by atoms with E-state index in [9.17, 15) is 13.2 Å². The molecule has 1 N–H and O–H groups in total. The number of carbonyl (C=O) groups is 1. The Balaban J connectivity index is 1.94. The lowest BCUT2D eigenvalue weighted by Crippen LogP contribution is -2.30. The van der Waals surface area contributed by atoms with Crippen LogP contribution in [0.25, 0.3) is 0 Å². The fourth-order valence-electron chi connectivity index (χ4n) is 2.04. The first-order valence-corrected chi connectivity index (χ1v) is 8.55. The summed E-state index contributed by atoms with van der Waals surface area (Å²) in [4.78, 5) is 12.8. The summed E-state index contributed by atoms with van der Waals surface area (Å²) in [7, 11) is -2.34. The van der Waals surface area contributed by atoms with Gasteiger partial charge in [-0.3, -0.25) is 0 Å². The average Bonchev–Trinajstić information content (AvgIpc) is 2.89. The topological polar surface area (TPSA) is 84.9 Å². The highest BCUT2D eigenvalue weighted by Gasteiger charge is 2.22. The zero-order chi connectivity index (χ0) is 16.2. The summed E-state index contributed by atoms with van der Waals surface area (Å²) < 4.78 is 36.8. The van der Waals surface area contributed by atoms with E-state index in [1.807, 2.05) is 0 Å². The molecule has 1 amide bonds. The number of methoxy groups -OCH3 is 1. The molecule has 122 valence electrons. The molecule has 1 aromatic rings. The number of hydrogen-bond acceptors (Lipinski definition) is 5. The normalized spacial score (nSPS) is 15.0. The van der Waals surface area contributed by atoms with Crippen molar-refractivity contribution >= 4 is 27.7 Å². The van der Waals surface area contributed by atoms with Crippen LogP contribution in [0.2, 0.25) is 5.02 Å². The highest BCUT2D eigenvalue weighted by Crippen LogP contribution is 2.26. The third-order valence-electron chi connectivity index (χ3n) is 3.16. The van der Waals surface area contributed by atoms with Crippen LogP contribution in [0, 0.1) is 0 Å². The Morgan fingerprint density at radius 2 is 2.23 bits per heavy atom. The number of hydrogen-bond donors (Lipinski definition) is 1. The Morgan fingerprint density at radius 3 is 2.86 bits per heavy atom. The molecule has 0 spiro atoms. The van der Waals surface area contributed by atoms with Gasteiger partial charge in [-0.25, -0.2) is 17.9 Å². The van der Waals surface area contributed by atoms with E-state index in [4.69, 9.17) is 21.1 Å². The number of nitrogens with zero attached hydrogens (tertiary/aromatic N) is 1. The highest BCUT2D eigenvalue weighted by molar-refractivity contribution is 7.89. The maximum absolute atomic E-state index is 12.3. The number of nitrogens with one attached hydrogen (secondary N) is 1. The first-order valence-electron chi connectivity index (χ1n) is 6.69. The van der Waals surface area contributed by atoms with Gasteiger partial charge in [-0.05, 0) is 24.6 Å². The molecule has 1 aliphatic heterocycles. The molecule has 0 aromatic heterocycles. The van der Waals surface area contributed by atoms with Crippen molar-refractivity contribution in [2.24, 2.45) is 0 Å². The number of cyclic esters (lactones) is 1. The molecule has 1 saturated heterocycles. The zero-order valence-electron chi connectivity index (χ0n) is 12.0. The summed E-state index contributed by atoms with van der Waals surface area (Å²) in [6.45, 7) is 1.55. The largest absolute Gasteiger partial charge is 0.495 e. The quantitative estimate of drug-likeness (QED) is 0.754. The van der Waals surface area contributed by atoms with E-state index < -0.39 is 10.0 Å². The van der Waals surface area contributed by atoms with Crippen molar-refractivity contribution in [1.82, 2.24) is 9.62 Å². The second-order valence-electron chi connectivity index (χ2n) is 4.65. The van der Waals surface area contributed by atoms with Gasteiger partial charge >= 0.3 is 6.09 Å². The van der Waals surface area contributed by atoms with E-state index in [-0.39, 0.29) is 23.3 Å². The number of carbonyl (C=O) groups excluding carboxylic acids is 1. The average molecular weight is 349 g/mol. The van der Waals surface area contributed by atoms with Crippen LogP contribution in [0.5, 0.6) is 5.75 Å². The van der Waals surface area contributed by atoms with Crippen molar-refractivity contribution in [1.29, 1.82) is 0 Å². The summed E-state index contributed by atoms with van der Waals surface area (Å²) in [5, 5.41) is 0.306. The molecular weight excluding hydrogens is 332 g/mol. The minimum Gasteiger partial charge on any atom is -0.495 e. The highest BCUT2D eigenvalue weighted by atomic mass is 35.5. The summed E-state index contributed by atoms with van der Waals surface area (Å²) in [5.41, 5.74) is 0. The molecule has 1 aromatic carbocycles. The molecule has 7 nitrogen and oxygen atoms in total. The summed E-state index contributed by atoms with van der Waals surface area (Å²) in [6, 6.07) is 4.39. The Morgan fingerprint density at radius 1 is 1.45 bits per heavy atom. The molecule has 0 bridgehead atoms. The van der Waals surface area contributed by atoms with Gasteiger partial charge in [0.05, 0.1) is 13.7 Å². The first-order chi connectivity index (χ1) is 10.4. The van der Waals surface area contributed by atoms with Gasteiger partial charge in [0.15, 0.2) is 0 Å². The Labute approximate surface area is 134 Å². The van der Waals surface area contributed by atoms with Crippen molar-refractivity contribution in [3.05, 3.63) is 23.2 Å². The Bertz CT molecular complexity index is 650. The molecule has 0 atom stereocenters. The molecule has 1 heterocycles. The molecule has 0 saturated carbocycles. The van der Waals surface area contributed by atoms with Gasteiger partial charge in [-0.1, -0.05) is 11.6 Å². The van der Waals surface area contributed by atoms with E-state index in [1.54, 1.807) is 6.07 Å². The van der Waals surface area contributed by atoms with Crippen LogP contribution in [0.15, 0.2) is 23.1 Å². The number of rotatable bonds is 7. The van der Waals surface area contributed by atoms with Gasteiger partial charge < -0.3 is 14.4 Å². The van der Waals surface area contributed by atoms with Crippen LogP contribution in [0.4, 0.5) is 4.79 Å². The zero-order valence-corrected chi connectivity index (χ0v) is 13.6. The molecule has 2 rings (SSSR count). The van der Waals surface area contributed by atoms with Crippen molar-refractivity contribution in [2.45, 2.75) is 11.3 Å². The predicted octanol–water partition coefficient (Wildman–Crippen LogP) is 1.47. The van der Waals surface area contributed by atoms with E-state index in [1.165, 1.54) is 24.1 Å². The molecule has 0 radical (unpaired) electrons. The van der Waals surface area contributed by atoms with E-state index in [0.717, 1.165) is 0 Å². The lowest BCUT2D eigenvalue weighted by Gasteiger charge is -2.13. The minimum atomic E-state index is -3.73. The summed E-state index contributed by atoms with van der Waals surface area (Å²) in [5.74, 6) is 0.222. The molecule has 1 fully saturated rings. The van der Waals surface area contributed by atoms with Gasteiger partial charge in [-0.2, -0.15) is 0 Å². The van der Waals surface area contributed by atoms with Crippen LogP contribution in [-0.2, 0) is 14.8 Å². The second kappa shape index (κ2) is 7.17. The van der Waals surface area contributed by atoms with Crippen molar-refractivity contribution in [2.75, 3.05) is 33.4 Å². The number of halogens is 1. The van der Waals surface area contributed by atoms with Gasteiger partial charge in [-0.15, -0.1) is 0 Å². The molecule has 9 heteroatoms. The van der Waals surface area contributed by atoms with E-state index >= 15 is 0 Å². The van der Waals surface area contributed by atoms with Crippen LogP contribution in [-0.4, -0.2) is 52.8 Å². The van der Waals surface area contributed by atoms with Gasteiger partial charge in [0.1, 0.15) is 17.3 Å². The molecule has 1 aliphatic rings. The third kappa shape index (κ3) is 4.02. The Hall–Kier alpha value is -1.51. The number of sulfonamides is 1. The van der Waals surface area contributed by atoms with Crippen molar-refractivity contribution in [3.63, 3.8) is 0 Å². The van der Waals surface area contributed by atoms with Crippen molar-refractivity contribution in [3.8, 4) is 5.75 Å². The SMILES string of the molecule is COc1ccc(Cl)cc1S(=O)(=O)NCCCN1CCOC1=O. The van der Waals surface area contributed by atoms with Crippen LogP contribution in [0.3, 0.4) is 0 Å². The lowest BCUT2D eigenvalue weighted by atomic mass is 10.3. The first kappa shape index (κ1) is 16.9. The van der Waals surface area contributed by atoms with Gasteiger partial charge in [0, 0.05) is 18.1 Å². The molecular formula is C13H17ClN2O5S. The van der Waals surface area contributed by atoms with Gasteiger partial charge in [0.25, 0.3) is 0 Å². The van der Waals surface area contributed by atoms with E-state index in [2.05, 4.69) is 4.72 Å². The maximum Gasteiger partial charge on any atom is 0.409 e. The number of amides is 1. The molecule has 22 heavy (non-hydrogen) atoms. The van der Waals surface area contributed by atoms with Crippen LogP contribution in [0.1, 0.15) is 6.42 Å². The van der Waals surface area contributed by atoms with Crippen LogP contribution < -0.4 is 9.46 Å². The fourth-order valence-corrected chi connectivity index (χ4v) is 3.55. The number of ether oxygens (including phenoxy) is 2. The smallest absolute Gasteiger partial charge is 0.409 e. The Kier molecular flexibility index (Phi) is 5.49. The van der Waals surface area contributed by atoms with Crippen LogP contribution >= 0.6 is 11.6 Å². The molecule has 0 aliphatic carbocycles. The van der Waals surface area contributed by atoms with E-state index in [0.29, 0.717) is 31.1 Å². The lowest BCUT2D eigenvalue weighted by molar-refractivity contribution is 0.158. The van der Waals surface area contributed by atoms with Gasteiger partial charge in [0.2, 0.25) is 10.0 Å². The minimum absolute atomic E-state index is 0.0110. The summed E-state index contributed by atoms with van der Waals surface area (Å²) >= 11 is 5.84. The fraction of sp³-hybridized carbons (Fsp3) is 0.462. The number of benzene rings is 1. The maximum atomic E-state index is 12.3. The predicted molar refractivity (Wildman–Crippen MR) is 80.7 cm³/mol. The molecule has 0 unspecified atom stereocenters. The van der Waals surface area contributed by atoms with Crippen molar-refractivity contribution < 1.29 is 22.7 Å². The summed E-state index contributed by atoms with van der Waals surface area (Å²) in [6.07, 6.45) is 0.122. The second-order valence-corrected chi connectivity index (χ2v) is 6.82. The third-order valence-corrected chi connectivity index (χ3v) is 4.87.